The lowest BCUT2D eigenvalue weighted by atomic mass is 10.2. The van der Waals surface area contributed by atoms with Crippen LogP contribution in [0, 0.1) is 0 Å². The first-order chi connectivity index (χ1) is 9.83. The third-order valence-corrected chi connectivity index (χ3v) is 3.56. The molecule has 0 bridgehead atoms. The maximum absolute atomic E-state index is 11.7. The van der Waals surface area contributed by atoms with Gasteiger partial charge in [-0.15, -0.1) is 11.3 Å². The fourth-order valence-corrected chi connectivity index (χ4v) is 2.38. The lowest BCUT2D eigenvalue weighted by molar-refractivity contribution is 0.0959. The molecule has 0 aliphatic carbocycles. The Morgan fingerprint density at radius 1 is 1.25 bits per heavy atom. The summed E-state index contributed by atoms with van der Waals surface area (Å²) in [5.74, 6) is 1.22. The molecule has 0 fully saturated rings. The summed E-state index contributed by atoms with van der Waals surface area (Å²) in [6, 6.07) is 9.09. The van der Waals surface area contributed by atoms with Gasteiger partial charge in [0.2, 0.25) is 0 Å². The molecule has 2 heterocycles. The number of fused-ring (bicyclic) bond motifs is 1. The zero-order chi connectivity index (χ0) is 13.8. The van der Waals surface area contributed by atoms with Crippen LogP contribution in [-0.4, -0.2) is 25.3 Å². The molecule has 20 heavy (non-hydrogen) atoms. The molecule has 3 rings (SSSR count). The van der Waals surface area contributed by atoms with Crippen LogP contribution in [0.2, 0.25) is 0 Å². The molecule has 1 amide bonds. The Labute approximate surface area is 119 Å². The second kappa shape index (κ2) is 5.75. The SMILES string of the molecule is O=C(NN=Cc1ccc2c(c1)OCCO2)c1cccs1. The van der Waals surface area contributed by atoms with E-state index in [2.05, 4.69) is 10.5 Å². The first-order valence-electron chi connectivity index (χ1n) is 6.09. The molecule has 1 aliphatic rings. The van der Waals surface area contributed by atoms with Crippen molar-refractivity contribution in [3.8, 4) is 11.5 Å². The van der Waals surface area contributed by atoms with Crippen molar-refractivity contribution in [3.63, 3.8) is 0 Å². The normalized spacial score (nSPS) is 13.4. The smallest absolute Gasteiger partial charge is 0.281 e. The van der Waals surface area contributed by atoms with Gasteiger partial charge in [-0.1, -0.05) is 6.07 Å². The number of rotatable bonds is 3. The average Bonchev–Trinajstić information content (AvgIpc) is 3.01. The van der Waals surface area contributed by atoms with Crippen LogP contribution in [0.25, 0.3) is 0 Å². The first-order valence-corrected chi connectivity index (χ1v) is 6.97. The summed E-state index contributed by atoms with van der Waals surface area (Å²) >= 11 is 1.37. The van der Waals surface area contributed by atoms with E-state index in [1.54, 1.807) is 12.3 Å². The summed E-state index contributed by atoms with van der Waals surface area (Å²) in [6.45, 7) is 1.11. The molecule has 0 saturated heterocycles. The van der Waals surface area contributed by atoms with Crippen molar-refractivity contribution in [2.45, 2.75) is 0 Å². The van der Waals surface area contributed by atoms with E-state index in [1.165, 1.54) is 11.3 Å². The van der Waals surface area contributed by atoms with Crippen molar-refractivity contribution in [3.05, 3.63) is 46.2 Å². The highest BCUT2D eigenvalue weighted by Gasteiger charge is 2.11. The predicted octanol–water partition coefficient (Wildman–Crippen LogP) is 2.28. The van der Waals surface area contributed by atoms with Gasteiger partial charge in [0.1, 0.15) is 13.2 Å². The molecule has 0 saturated carbocycles. The lowest BCUT2D eigenvalue weighted by Crippen LogP contribution is -2.16. The molecule has 0 radical (unpaired) electrons. The molecule has 1 N–H and O–H groups in total. The Bertz CT molecular complexity index is 638. The van der Waals surface area contributed by atoms with Gasteiger partial charge in [-0.3, -0.25) is 4.79 Å². The van der Waals surface area contributed by atoms with Gasteiger partial charge in [0.05, 0.1) is 11.1 Å². The monoisotopic (exact) mass is 288 g/mol. The van der Waals surface area contributed by atoms with Crippen molar-refractivity contribution < 1.29 is 14.3 Å². The van der Waals surface area contributed by atoms with Crippen LogP contribution in [0.4, 0.5) is 0 Å². The summed E-state index contributed by atoms with van der Waals surface area (Å²) < 4.78 is 10.9. The van der Waals surface area contributed by atoms with E-state index in [-0.39, 0.29) is 5.91 Å². The fraction of sp³-hybridized carbons (Fsp3) is 0.143. The largest absolute Gasteiger partial charge is 0.486 e. The number of carbonyl (C=O) groups excluding carboxylic acids is 1. The molecule has 0 atom stereocenters. The van der Waals surface area contributed by atoms with Crippen LogP contribution in [0.15, 0.2) is 40.8 Å². The zero-order valence-corrected chi connectivity index (χ0v) is 11.4. The van der Waals surface area contributed by atoms with Crippen molar-refractivity contribution in [1.29, 1.82) is 0 Å². The molecule has 2 aromatic rings. The predicted molar refractivity (Wildman–Crippen MR) is 76.8 cm³/mol. The molecule has 0 unspecified atom stereocenters. The second-order valence-corrected chi connectivity index (χ2v) is 5.03. The van der Waals surface area contributed by atoms with Crippen LogP contribution in [0.1, 0.15) is 15.2 Å². The minimum absolute atomic E-state index is 0.214. The quantitative estimate of drug-likeness (QED) is 0.696. The minimum atomic E-state index is -0.214. The fourth-order valence-electron chi connectivity index (χ4n) is 1.77. The van der Waals surface area contributed by atoms with Crippen LogP contribution in [-0.2, 0) is 0 Å². The number of amides is 1. The highest BCUT2D eigenvalue weighted by Crippen LogP contribution is 2.30. The molecular weight excluding hydrogens is 276 g/mol. The Hall–Kier alpha value is -2.34. The summed E-state index contributed by atoms with van der Waals surface area (Å²) in [7, 11) is 0. The van der Waals surface area contributed by atoms with E-state index in [0.717, 1.165) is 11.3 Å². The number of ether oxygens (including phenoxy) is 2. The topological polar surface area (TPSA) is 59.9 Å². The van der Waals surface area contributed by atoms with Crippen LogP contribution < -0.4 is 14.9 Å². The van der Waals surface area contributed by atoms with Crippen molar-refractivity contribution in [1.82, 2.24) is 5.43 Å². The first kappa shape index (κ1) is 12.7. The van der Waals surface area contributed by atoms with Crippen molar-refractivity contribution in [2.75, 3.05) is 13.2 Å². The van der Waals surface area contributed by atoms with Gasteiger partial charge in [-0.2, -0.15) is 5.10 Å². The molecule has 102 valence electrons. The maximum atomic E-state index is 11.7. The molecule has 5 nitrogen and oxygen atoms in total. The molecule has 6 heteroatoms. The Balaban J connectivity index is 1.65. The summed E-state index contributed by atoms with van der Waals surface area (Å²) in [5.41, 5.74) is 3.32. The summed E-state index contributed by atoms with van der Waals surface area (Å²) in [6.07, 6.45) is 1.57. The van der Waals surface area contributed by atoms with E-state index in [9.17, 15) is 4.79 Å². The second-order valence-electron chi connectivity index (χ2n) is 4.08. The number of benzene rings is 1. The van der Waals surface area contributed by atoms with Crippen molar-refractivity contribution >= 4 is 23.5 Å². The molecule has 0 spiro atoms. The lowest BCUT2D eigenvalue weighted by Gasteiger charge is -2.18. The number of nitrogens with zero attached hydrogens (tertiary/aromatic N) is 1. The highest BCUT2D eigenvalue weighted by molar-refractivity contribution is 7.12. The number of hydrogen-bond acceptors (Lipinski definition) is 5. The average molecular weight is 288 g/mol. The number of hydrazone groups is 1. The number of nitrogens with one attached hydrogen (secondary N) is 1. The third-order valence-electron chi connectivity index (χ3n) is 2.69. The van der Waals surface area contributed by atoms with E-state index in [0.29, 0.717) is 23.8 Å². The zero-order valence-electron chi connectivity index (χ0n) is 10.5. The standard InChI is InChI=1S/C14H12N2O3S/c17-14(13-2-1-7-20-13)16-15-9-10-3-4-11-12(8-10)19-6-5-18-11/h1-4,7-9H,5-6H2,(H,16,17). The molecule has 1 aromatic heterocycles. The number of carbonyl (C=O) groups is 1. The minimum Gasteiger partial charge on any atom is -0.486 e. The molecule has 1 aromatic carbocycles. The van der Waals surface area contributed by atoms with Gasteiger partial charge >= 0.3 is 0 Å². The van der Waals surface area contributed by atoms with Gasteiger partial charge in [0.15, 0.2) is 11.5 Å². The molecule has 1 aliphatic heterocycles. The Kier molecular flexibility index (Phi) is 3.64. The molecular formula is C14H12N2O3S. The Morgan fingerprint density at radius 3 is 2.90 bits per heavy atom. The highest BCUT2D eigenvalue weighted by atomic mass is 32.1. The van der Waals surface area contributed by atoms with Gasteiger partial charge < -0.3 is 9.47 Å². The van der Waals surface area contributed by atoms with Crippen LogP contribution in [0.3, 0.4) is 0 Å². The van der Waals surface area contributed by atoms with Gasteiger partial charge in [0.25, 0.3) is 5.91 Å². The van der Waals surface area contributed by atoms with Gasteiger partial charge in [-0.25, -0.2) is 5.43 Å². The van der Waals surface area contributed by atoms with Gasteiger partial charge in [-0.05, 0) is 35.2 Å². The maximum Gasteiger partial charge on any atom is 0.281 e. The third kappa shape index (κ3) is 2.80. The van der Waals surface area contributed by atoms with E-state index in [4.69, 9.17) is 9.47 Å². The van der Waals surface area contributed by atoms with E-state index >= 15 is 0 Å². The van der Waals surface area contributed by atoms with Crippen LogP contribution in [0.5, 0.6) is 11.5 Å². The summed E-state index contributed by atoms with van der Waals surface area (Å²) in [4.78, 5) is 12.3. The Morgan fingerprint density at radius 2 is 2.10 bits per heavy atom. The van der Waals surface area contributed by atoms with Crippen LogP contribution >= 0.6 is 11.3 Å². The number of hydrogen-bond donors (Lipinski definition) is 1. The van der Waals surface area contributed by atoms with E-state index < -0.39 is 0 Å². The van der Waals surface area contributed by atoms with Crippen molar-refractivity contribution in [2.24, 2.45) is 5.10 Å². The van der Waals surface area contributed by atoms with Gasteiger partial charge in [0, 0.05) is 0 Å². The van der Waals surface area contributed by atoms with E-state index in [1.807, 2.05) is 29.6 Å². The summed E-state index contributed by atoms with van der Waals surface area (Å²) in [5, 5.41) is 5.78. The number of thiophene rings is 1.